The van der Waals surface area contributed by atoms with Gasteiger partial charge in [0.1, 0.15) is 5.75 Å². The van der Waals surface area contributed by atoms with Gasteiger partial charge in [0.05, 0.1) is 19.9 Å². The number of ether oxygens (including phenoxy) is 1. The van der Waals surface area contributed by atoms with Crippen LogP contribution in [0.25, 0.3) is 0 Å². The van der Waals surface area contributed by atoms with Crippen molar-refractivity contribution in [2.75, 3.05) is 13.7 Å². The minimum atomic E-state index is -0.259. The van der Waals surface area contributed by atoms with Gasteiger partial charge in [0, 0.05) is 11.6 Å². The van der Waals surface area contributed by atoms with Crippen molar-refractivity contribution in [3.8, 4) is 5.75 Å². The number of para-hydroxylation sites is 1. The summed E-state index contributed by atoms with van der Waals surface area (Å²) in [6, 6.07) is 15.2. The van der Waals surface area contributed by atoms with E-state index in [9.17, 15) is 4.79 Å². The first-order chi connectivity index (χ1) is 12.7. The van der Waals surface area contributed by atoms with Gasteiger partial charge in [-0.3, -0.25) is 4.79 Å². The molecular weight excluding hydrogens is 352 g/mol. The number of hydrogen-bond donors (Lipinski definition) is 1. The minimum Gasteiger partial charge on any atom is -0.496 e. The normalized spacial score (nSPS) is 10.5. The Labute approximate surface area is 156 Å². The topological polar surface area (TPSA) is 69.0 Å². The molecule has 3 rings (SSSR count). The number of aromatic nitrogens is 3. The van der Waals surface area contributed by atoms with Crippen LogP contribution in [0.4, 0.5) is 0 Å². The van der Waals surface area contributed by atoms with Crippen molar-refractivity contribution < 1.29 is 9.53 Å². The number of hydrogen-bond acceptors (Lipinski definition) is 4. The quantitative estimate of drug-likeness (QED) is 0.694. The summed E-state index contributed by atoms with van der Waals surface area (Å²) in [7, 11) is 1.63. The molecule has 0 saturated heterocycles. The van der Waals surface area contributed by atoms with Gasteiger partial charge in [-0.2, -0.15) is 0 Å². The van der Waals surface area contributed by atoms with Gasteiger partial charge in [0.2, 0.25) is 0 Å². The van der Waals surface area contributed by atoms with Crippen molar-refractivity contribution in [3.05, 3.63) is 76.6 Å². The molecule has 134 valence electrons. The van der Waals surface area contributed by atoms with Crippen LogP contribution < -0.4 is 10.1 Å². The van der Waals surface area contributed by atoms with Crippen molar-refractivity contribution >= 4 is 17.5 Å². The Balaban J connectivity index is 1.56. The summed E-state index contributed by atoms with van der Waals surface area (Å²) in [5.74, 6) is 0.553. The van der Waals surface area contributed by atoms with Crippen molar-refractivity contribution in [1.29, 1.82) is 0 Å². The van der Waals surface area contributed by atoms with Crippen LogP contribution in [-0.4, -0.2) is 34.6 Å². The zero-order valence-corrected chi connectivity index (χ0v) is 15.1. The summed E-state index contributed by atoms with van der Waals surface area (Å²) in [5, 5.41) is 11.4. The van der Waals surface area contributed by atoms with Crippen LogP contribution in [0, 0.1) is 0 Å². The number of halogens is 1. The highest BCUT2D eigenvalue weighted by molar-refractivity contribution is 6.31. The second kappa shape index (κ2) is 8.49. The highest BCUT2D eigenvalue weighted by Gasteiger charge is 2.11. The maximum atomic E-state index is 12.2. The van der Waals surface area contributed by atoms with E-state index in [2.05, 4.69) is 15.6 Å². The van der Waals surface area contributed by atoms with E-state index in [4.69, 9.17) is 16.3 Å². The molecule has 0 aliphatic heterocycles. The molecular formula is C19H19ClN4O2. The van der Waals surface area contributed by atoms with Crippen LogP contribution in [0.15, 0.2) is 54.7 Å². The van der Waals surface area contributed by atoms with Gasteiger partial charge < -0.3 is 10.1 Å². The molecule has 2 aromatic carbocycles. The molecule has 1 N–H and O–H groups in total. The number of nitrogens with one attached hydrogen (secondary N) is 1. The molecule has 6 nitrogen and oxygen atoms in total. The number of carbonyl (C=O) groups is 1. The number of carbonyl (C=O) groups excluding carboxylic acids is 1. The lowest BCUT2D eigenvalue weighted by molar-refractivity contribution is 0.0949. The third-order valence-corrected chi connectivity index (χ3v) is 4.30. The second-order valence-electron chi connectivity index (χ2n) is 5.71. The Morgan fingerprint density at radius 1 is 1.15 bits per heavy atom. The van der Waals surface area contributed by atoms with Crippen LogP contribution >= 0.6 is 11.6 Å². The van der Waals surface area contributed by atoms with Crippen LogP contribution in [0.1, 0.15) is 21.6 Å². The zero-order chi connectivity index (χ0) is 18.4. The fourth-order valence-electron chi connectivity index (χ4n) is 2.59. The van der Waals surface area contributed by atoms with Gasteiger partial charge in [-0.15, -0.1) is 5.10 Å². The van der Waals surface area contributed by atoms with Gasteiger partial charge in [-0.05, 0) is 29.7 Å². The SMILES string of the molecule is COc1ccccc1CCNC(=O)c1cn(Cc2ccccc2Cl)nn1. The first kappa shape index (κ1) is 17.9. The van der Waals surface area contributed by atoms with E-state index in [1.807, 2.05) is 48.5 Å². The van der Waals surface area contributed by atoms with Crippen molar-refractivity contribution in [1.82, 2.24) is 20.3 Å². The molecule has 1 aromatic heterocycles. The Hall–Kier alpha value is -2.86. The third-order valence-electron chi connectivity index (χ3n) is 3.93. The largest absolute Gasteiger partial charge is 0.496 e. The predicted octanol–water partition coefficient (Wildman–Crippen LogP) is 2.96. The summed E-state index contributed by atoms with van der Waals surface area (Å²) < 4.78 is 6.90. The monoisotopic (exact) mass is 370 g/mol. The molecule has 1 amide bonds. The summed E-state index contributed by atoms with van der Waals surface area (Å²) in [6.45, 7) is 0.942. The Morgan fingerprint density at radius 2 is 1.88 bits per heavy atom. The number of nitrogens with zero attached hydrogens (tertiary/aromatic N) is 3. The molecule has 0 saturated carbocycles. The Bertz CT molecular complexity index is 895. The summed E-state index contributed by atoms with van der Waals surface area (Å²) >= 11 is 6.14. The highest BCUT2D eigenvalue weighted by atomic mass is 35.5. The molecule has 1 heterocycles. The van der Waals surface area contributed by atoms with E-state index >= 15 is 0 Å². The number of methoxy groups -OCH3 is 1. The van der Waals surface area contributed by atoms with Crippen LogP contribution in [-0.2, 0) is 13.0 Å². The molecule has 0 bridgehead atoms. The molecule has 0 radical (unpaired) electrons. The fourth-order valence-corrected chi connectivity index (χ4v) is 2.79. The van der Waals surface area contributed by atoms with Gasteiger partial charge in [0.15, 0.2) is 5.69 Å². The van der Waals surface area contributed by atoms with Gasteiger partial charge in [-0.25, -0.2) is 4.68 Å². The Morgan fingerprint density at radius 3 is 2.65 bits per heavy atom. The van der Waals surface area contributed by atoms with E-state index in [0.717, 1.165) is 16.9 Å². The predicted molar refractivity (Wildman–Crippen MR) is 99.6 cm³/mol. The summed E-state index contributed by atoms with van der Waals surface area (Å²) in [6.07, 6.45) is 2.28. The van der Waals surface area contributed by atoms with Crippen molar-refractivity contribution in [3.63, 3.8) is 0 Å². The fraction of sp³-hybridized carbons (Fsp3) is 0.211. The van der Waals surface area contributed by atoms with Gasteiger partial charge in [-0.1, -0.05) is 53.2 Å². The maximum absolute atomic E-state index is 12.2. The average Bonchev–Trinajstić information content (AvgIpc) is 3.13. The van der Waals surface area contributed by atoms with E-state index in [0.29, 0.717) is 24.5 Å². The zero-order valence-electron chi connectivity index (χ0n) is 14.4. The molecule has 0 fully saturated rings. The molecule has 0 aliphatic rings. The highest BCUT2D eigenvalue weighted by Crippen LogP contribution is 2.17. The number of amides is 1. The van der Waals surface area contributed by atoms with E-state index in [1.54, 1.807) is 18.0 Å². The van der Waals surface area contributed by atoms with E-state index < -0.39 is 0 Å². The van der Waals surface area contributed by atoms with Gasteiger partial charge in [0.25, 0.3) is 5.91 Å². The molecule has 0 aliphatic carbocycles. The lowest BCUT2D eigenvalue weighted by Crippen LogP contribution is -2.26. The minimum absolute atomic E-state index is 0.259. The maximum Gasteiger partial charge on any atom is 0.273 e. The molecule has 0 spiro atoms. The molecule has 0 atom stereocenters. The molecule has 7 heteroatoms. The van der Waals surface area contributed by atoms with Crippen LogP contribution in [0.2, 0.25) is 5.02 Å². The van der Waals surface area contributed by atoms with E-state index in [1.165, 1.54) is 0 Å². The van der Waals surface area contributed by atoms with Crippen molar-refractivity contribution in [2.45, 2.75) is 13.0 Å². The first-order valence-electron chi connectivity index (χ1n) is 8.21. The Kier molecular flexibility index (Phi) is 5.86. The van der Waals surface area contributed by atoms with Gasteiger partial charge >= 0.3 is 0 Å². The molecule has 26 heavy (non-hydrogen) atoms. The smallest absolute Gasteiger partial charge is 0.273 e. The average molecular weight is 371 g/mol. The van der Waals surface area contributed by atoms with E-state index in [-0.39, 0.29) is 11.6 Å². The van der Waals surface area contributed by atoms with Crippen LogP contribution in [0.3, 0.4) is 0 Å². The standard InChI is InChI=1S/C19H19ClN4O2/c1-26-18-9-5-3-6-14(18)10-11-21-19(25)17-13-24(23-22-17)12-15-7-2-4-8-16(15)20/h2-9,13H,10-12H2,1H3,(H,21,25). The second-order valence-corrected chi connectivity index (χ2v) is 6.12. The lowest BCUT2D eigenvalue weighted by atomic mass is 10.1. The van der Waals surface area contributed by atoms with Crippen LogP contribution in [0.5, 0.6) is 5.75 Å². The number of benzene rings is 2. The lowest BCUT2D eigenvalue weighted by Gasteiger charge is -2.08. The molecule has 0 unspecified atom stereocenters. The third kappa shape index (κ3) is 4.40. The summed E-state index contributed by atoms with van der Waals surface area (Å²) in [4.78, 5) is 12.2. The first-order valence-corrected chi connectivity index (χ1v) is 8.59. The molecule has 3 aromatic rings. The summed E-state index contributed by atoms with van der Waals surface area (Å²) in [5.41, 5.74) is 2.23. The van der Waals surface area contributed by atoms with Crippen molar-refractivity contribution in [2.24, 2.45) is 0 Å². The number of rotatable bonds is 7.